The highest BCUT2D eigenvalue weighted by Gasteiger charge is 2.20. The first-order valence-corrected chi connectivity index (χ1v) is 8.37. The minimum atomic E-state index is 0.703. The van der Waals surface area contributed by atoms with Gasteiger partial charge in [0.05, 0.1) is 0 Å². The summed E-state index contributed by atoms with van der Waals surface area (Å²) in [4.78, 5) is 2.52. The van der Waals surface area contributed by atoms with Crippen LogP contribution in [-0.4, -0.2) is 12.6 Å². The van der Waals surface area contributed by atoms with Gasteiger partial charge in [-0.1, -0.05) is 52.9 Å². The molecule has 0 heterocycles. The normalized spacial score (nSPS) is 16.8. The molecular formula is C15H21BrClN. The fourth-order valence-corrected chi connectivity index (χ4v) is 3.76. The van der Waals surface area contributed by atoms with Gasteiger partial charge < -0.3 is 4.90 Å². The molecule has 1 aromatic rings. The van der Waals surface area contributed by atoms with E-state index in [-0.39, 0.29) is 0 Å². The van der Waals surface area contributed by atoms with Crippen molar-refractivity contribution >= 4 is 33.2 Å². The molecule has 0 aliphatic heterocycles. The van der Waals surface area contributed by atoms with Crippen molar-refractivity contribution in [1.82, 2.24) is 0 Å². The van der Waals surface area contributed by atoms with E-state index < -0.39 is 0 Å². The van der Waals surface area contributed by atoms with Gasteiger partial charge in [0.25, 0.3) is 0 Å². The third-order valence-corrected chi connectivity index (χ3v) is 4.82. The van der Waals surface area contributed by atoms with E-state index in [2.05, 4.69) is 46.0 Å². The summed E-state index contributed by atoms with van der Waals surface area (Å²) in [5, 5.41) is 1.69. The number of halogens is 2. The van der Waals surface area contributed by atoms with Crippen LogP contribution in [0.15, 0.2) is 18.2 Å². The molecule has 1 aromatic carbocycles. The fraction of sp³-hybridized carbons (Fsp3) is 0.600. The maximum Gasteiger partial charge on any atom is 0.0467 e. The topological polar surface area (TPSA) is 3.24 Å². The lowest BCUT2D eigenvalue weighted by Crippen LogP contribution is -2.36. The van der Waals surface area contributed by atoms with Gasteiger partial charge in [0.1, 0.15) is 0 Å². The Morgan fingerprint density at radius 3 is 2.56 bits per heavy atom. The lowest BCUT2D eigenvalue weighted by Gasteiger charge is -2.35. The van der Waals surface area contributed by atoms with Crippen molar-refractivity contribution < 1.29 is 0 Å². The quantitative estimate of drug-likeness (QED) is 0.669. The smallest absolute Gasteiger partial charge is 0.0467 e. The Morgan fingerprint density at radius 1 is 1.28 bits per heavy atom. The molecule has 0 N–H and O–H groups in total. The van der Waals surface area contributed by atoms with Crippen LogP contribution in [0.3, 0.4) is 0 Å². The van der Waals surface area contributed by atoms with Gasteiger partial charge in [-0.05, 0) is 37.5 Å². The zero-order valence-electron chi connectivity index (χ0n) is 11.0. The molecule has 1 nitrogen and oxygen atoms in total. The lowest BCUT2D eigenvalue weighted by atomic mass is 9.93. The summed E-state index contributed by atoms with van der Waals surface area (Å²) in [5.41, 5.74) is 2.44. The maximum atomic E-state index is 6.31. The first-order chi connectivity index (χ1) is 8.76. The lowest BCUT2D eigenvalue weighted by molar-refractivity contribution is 0.418. The number of benzene rings is 1. The monoisotopic (exact) mass is 329 g/mol. The van der Waals surface area contributed by atoms with E-state index in [0.29, 0.717) is 6.04 Å². The Kier molecular flexibility index (Phi) is 5.38. The Hall–Kier alpha value is -0.210. The van der Waals surface area contributed by atoms with E-state index in [9.17, 15) is 0 Å². The predicted octanol–water partition coefficient (Wildman–Crippen LogP) is 5.39. The van der Waals surface area contributed by atoms with Crippen LogP contribution in [0.1, 0.15) is 44.6 Å². The zero-order valence-corrected chi connectivity index (χ0v) is 13.3. The van der Waals surface area contributed by atoms with Crippen LogP contribution >= 0.6 is 27.5 Å². The SMILES string of the molecule is CCN(c1ccc(CBr)c(Cl)c1)C1CCCCC1. The van der Waals surface area contributed by atoms with E-state index in [1.807, 2.05) is 0 Å². The molecule has 0 spiro atoms. The van der Waals surface area contributed by atoms with E-state index in [1.165, 1.54) is 43.4 Å². The van der Waals surface area contributed by atoms with Crippen molar-refractivity contribution in [2.45, 2.75) is 50.4 Å². The summed E-state index contributed by atoms with van der Waals surface area (Å²) < 4.78 is 0. The maximum absolute atomic E-state index is 6.31. The summed E-state index contributed by atoms with van der Waals surface area (Å²) in [6.07, 6.45) is 6.79. The minimum absolute atomic E-state index is 0.703. The van der Waals surface area contributed by atoms with E-state index in [1.54, 1.807) is 0 Å². The molecule has 0 unspecified atom stereocenters. The highest BCUT2D eigenvalue weighted by atomic mass is 79.9. The van der Waals surface area contributed by atoms with E-state index in [0.717, 1.165) is 16.9 Å². The second kappa shape index (κ2) is 6.81. The Bertz CT molecular complexity index is 388. The molecule has 18 heavy (non-hydrogen) atoms. The summed E-state index contributed by atoms with van der Waals surface area (Å²) in [6.45, 7) is 3.30. The van der Waals surface area contributed by atoms with Gasteiger partial charge in [-0.2, -0.15) is 0 Å². The highest BCUT2D eigenvalue weighted by Crippen LogP contribution is 2.30. The van der Waals surface area contributed by atoms with Crippen LogP contribution in [0.4, 0.5) is 5.69 Å². The molecule has 0 bridgehead atoms. The molecule has 0 saturated heterocycles. The van der Waals surface area contributed by atoms with Crippen LogP contribution in [0.25, 0.3) is 0 Å². The van der Waals surface area contributed by atoms with E-state index in [4.69, 9.17) is 11.6 Å². The molecular weight excluding hydrogens is 310 g/mol. The summed E-state index contributed by atoms with van der Waals surface area (Å²) in [7, 11) is 0. The highest BCUT2D eigenvalue weighted by molar-refractivity contribution is 9.08. The van der Waals surface area contributed by atoms with Crippen molar-refractivity contribution in [3.63, 3.8) is 0 Å². The number of hydrogen-bond donors (Lipinski definition) is 0. The standard InChI is InChI=1S/C15H21BrClN/c1-2-18(13-6-4-3-5-7-13)14-9-8-12(11-16)15(17)10-14/h8-10,13H,2-7,11H2,1H3. The second-order valence-electron chi connectivity index (χ2n) is 4.99. The molecule has 1 aliphatic rings. The predicted molar refractivity (Wildman–Crippen MR) is 84.0 cm³/mol. The average molecular weight is 331 g/mol. The molecule has 3 heteroatoms. The molecule has 0 atom stereocenters. The van der Waals surface area contributed by atoms with Gasteiger partial charge in [-0.25, -0.2) is 0 Å². The van der Waals surface area contributed by atoms with Crippen LogP contribution in [-0.2, 0) is 5.33 Å². The molecule has 0 radical (unpaired) electrons. The largest absolute Gasteiger partial charge is 0.369 e. The molecule has 1 aliphatic carbocycles. The molecule has 1 saturated carbocycles. The van der Waals surface area contributed by atoms with Crippen molar-refractivity contribution in [1.29, 1.82) is 0 Å². The van der Waals surface area contributed by atoms with Crippen molar-refractivity contribution in [2.24, 2.45) is 0 Å². The Balaban J connectivity index is 2.18. The van der Waals surface area contributed by atoms with Gasteiger partial charge in [0, 0.05) is 28.6 Å². The summed E-state index contributed by atoms with van der Waals surface area (Å²) >= 11 is 9.78. The Morgan fingerprint density at radius 2 is 2.00 bits per heavy atom. The van der Waals surface area contributed by atoms with Gasteiger partial charge in [-0.3, -0.25) is 0 Å². The van der Waals surface area contributed by atoms with Gasteiger partial charge in [-0.15, -0.1) is 0 Å². The van der Waals surface area contributed by atoms with Crippen molar-refractivity contribution in [3.8, 4) is 0 Å². The number of hydrogen-bond acceptors (Lipinski definition) is 1. The fourth-order valence-electron chi connectivity index (χ4n) is 2.87. The minimum Gasteiger partial charge on any atom is -0.369 e. The number of anilines is 1. The average Bonchev–Trinajstić information content (AvgIpc) is 2.41. The van der Waals surface area contributed by atoms with Gasteiger partial charge in [0.2, 0.25) is 0 Å². The number of alkyl halides is 1. The van der Waals surface area contributed by atoms with Crippen molar-refractivity contribution in [2.75, 3.05) is 11.4 Å². The zero-order chi connectivity index (χ0) is 13.0. The first kappa shape index (κ1) is 14.2. The van der Waals surface area contributed by atoms with Crippen molar-refractivity contribution in [3.05, 3.63) is 28.8 Å². The van der Waals surface area contributed by atoms with E-state index >= 15 is 0 Å². The van der Waals surface area contributed by atoms with Crippen LogP contribution in [0, 0.1) is 0 Å². The van der Waals surface area contributed by atoms with Crippen LogP contribution < -0.4 is 4.90 Å². The second-order valence-corrected chi connectivity index (χ2v) is 5.96. The molecule has 0 amide bonds. The molecule has 0 aromatic heterocycles. The number of rotatable bonds is 4. The summed E-state index contributed by atoms with van der Waals surface area (Å²) in [6, 6.07) is 7.17. The third kappa shape index (κ3) is 3.21. The Labute approximate surface area is 124 Å². The van der Waals surface area contributed by atoms with Gasteiger partial charge in [0.15, 0.2) is 0 Å². The summed E-state index contributed by atoms with van der Waals surface area (Å²) in [5.74, 6) is 0. The first-order valence-electron chi connectivity index (χ1n) is 6.87. The van der Waals surface area contributed by atoms with Crippen LogP contribution in [0.5, 0.6) is 0 Å². The van der Waals surface area contributed by atoms with Gasteiger partial charge >= 0.3 is 0 Å². The third-order valence-electron chi connectivity index (χ3n) is 3.87. The van der Waals surface area contributed by atoms with Crippen LogP contribution in [0.2, 0.25) is 5.02 Å². The number of nitrogens with zero attached hydrogens (tertiary/aromatic N) is 1. The molecule has 1 fully saturated rings. The molecule has 100 valence electrons. The molecule has 2 rings (SSSR count).